The summed E-state index contributed by atoms with van der Waals surface area (Å²) in [5.74, 6) is 0.640. The molecule has 0 spiro atoms. The number of carbonyl (C=O) groups is 1. The van der Waals surface area contributed by atoms with E-state index in [0.29, 0.717) is 25.3 Å². The van der Waals surface area contributed by atoms with E-state index in [2.05, 4.69) is 46.7 Å². The third-order valence-electron chi connectivity index (χ3n) is 5.97. The molecule has 2 aromatic rings. The van der Waals surface area contributed by atoms with Crippen molar-refractivity contribution in [2.24, 2.45) is 10.7 Å². The number of aryl methyl sites for hydroxylation is 1. The van der Waals surface area contributed by atoms with Gasteiger partial charge in [0.1, 0.15) is 0 Å². The lowest BCUT2D eigenvalue weighted by molar-refractivity contribution is -0.132. The van der Waals surface area contributed by atoms with Gasteiger partial charge in [0.05, 0.1) is 0 Å². The van der Waals surface area contributed by atoms with Gasteiger partial charge >= 0.3 is 0 Å². The van der Waals surface area contributed by atoms with Gasteiger partial charge < -0.3 is 16.0 Å². The Balaban J connectivity index is 1.25. The van der Waals surface area contributed by atoms with Crippen molar-refractivity contribution in [1.82, 2.24) is 4.90 Å². The molecule has 1 heterocycles. The number of hydrogen-bond donors (Lipinski definition) is 2. The van der Waals surface area contributed by atoms with Gasteiger partial charge in [-0.05, 0) is 66.8 Å². The van der Waals surface area contributed by atoms with Crippen molar-refractivity contribution in [2.75, 3.05) is 18.4 Å². The van der Waals surface area contributed by atoms with Crippen molar-refractivity contribution in [3.8, 4) is 0 Å². The lowest BCUT2D eigenvalue weighted by Gasteiger charge is -2.28. The van der Waals surface area contributed by atoms with Crippen LogP contribution in [0.3, 0.4) is 0 Å². The number of nitrogens with two attached hydrogens (primary N) is 1. The number of nitrogens with one attached hydrogen (secondary N) is 1. The molecular weight excluding hydrogens is 360 g/mol. The van der Waals surface area contributed by atoms with E-state index in [0.717, 1.165) is 38.0 Å². The van der Waals surface area contributed by atoms with Gasteiger partial charge in [-0.3, -0.25) is 9.79 Å². The second-order valence-electron chi connectivity index (χ2n) is 7.98. The maximum Gasteiger partial charge on any atom is 0.222 e. The van der Waals surface area contributed by atoms with E-state index in [-0.39, 0.29) is 5.91 Å². The molecule has 1 amide bonds. The molecule has 2 aromatic carbocycles. The summed E-state index contributed by atoms with van der Waals surface area (Å²) in [4.78, 5) is 18.9. The number of guanidine groups is 1. The monoisotopic (exact) mass is 390 g/mol. The Morgan fingerprint density at radius 2 is 1.79 bits per heavy atom. The summed E-state index contributed by atoms with van der Waals surface area (Å²) >= 11 is 0. The fourth-order valence-corrected chi connectivity index (χ4v) is 4.37. The normalized spacial score (nSPS) is 16.1. The van der Waals surface area contributed by atoms with E-state index in [4.69, 9.17) is 5.73 Å². The van der Waals surface area contributed by atoms with Crippen LogP contribution in [-0.2, 0) is 30.6 Å². The number of rotatable bonds is 5. The molecule has 5 heteroatoms. The maximum atomic E-state index is 12.5. The van der Waals surface area contributed by atoms with Gasteiger partial charge in [0.2, 0.25) is 5.91 Å². The molecule has 3 N–H and O–H groups in total. The Morgan fingerprint density at radius 3 is 2.69 bits per heavy atom. The highest BCUT2D eigenvalue weighted by Gasteiger charge is 2.19. The fourth-order valence-electron chi connectivity index (χ4n) is 4.37. The summed E-state index contributed by atoms with van der Waals surface area (Å²) in [6.45, 7) is 2.09. The van der Waals surface area contributed by atoms with Crippen LogP contribution in [0.2, 0.25) is 0 Å². The minimum absolute atomic E-state index is 0.207. The first-order chi connectivity index (χ1) is 14.2. The average molecular weight is 391 g/mol. The van der Waals surface area contributed by atoms with Crippen LogP contribution in [0.1, 0.15) is 47.9 Å². The smallest absolute Gasteiger partial charge is 0.222 e. The Kier molecular flexibility index (Phi) is 6.13. The Morgan fingerprint density at radius 1 is 1.00 bits per heavy atom. The molecule has 0 saturated heterocycles. The lowest BCUT2D eigenvalue weighted by atomic mass is 9.90. The number of amides is 1. The summed E-state index contributed by atoms with van der Waals surface area (Å²) in [6, 6.07) is 14.7. The molecule has 0 fully saturated rings. The summed E-state index contributed by atoms with van der Waals surface area (Å²) in [6.07, 6.45) is 6.90. The van der Waals surface area contributed by atoms with Crippen LogP contribution < -0.4 is 11.1 Å². The van der Waals surface area contributed by atoms with E-state index >= 15 is 0 Å². The topological polar surface area (TPSA) is 70.7 Å². The van der Waals surface area contributed by atoms with Gasteiger partial charge in [-0.2, -0.15) is 0 Å². The van der Waals surface area contributed by atoms with Crippen molar-refractivity contribution in [2.45, 2.75) is 51.5 Å². The van der Waals surface area contributed by atoms with E-state index in [9.17, 15) is 4.79 Å². The minimum atomic E-state index is 0.207. The van der Waals surface area contributed by atoms with Crippen molar-refractivity contribution in [3.05, 3.63) is 64.7 Å². The zero-order valence-corrected chi connectivity index (χ0v) is 17.0. The molecule has 1 aliphatic carbocycles. The largest absolute Gasteiger partial charge is 0.370 e. The fraction of sp³-hybridized carbons (Fsp3) is 0.417. The van der Waals surface area contributed by atoms with Gasteiger partial charge in [-0.15, -0.1) is 0 Å². The number of nitrogens with zero attached hydrogens (tertiary/aromatic N) is 2. The predicted molar refractivity (Wildman–Crippen MR) is 118 cm³/mol. The highest BCUT2D eigenvalue weighted by Crippen LogP contribution is 2.27. The second-order valence-corrected chi connectivity index (χ2v) is 7.98. The van der Waals surface area contributed by atoms with Crippen LogP contribution in [0.15, 0.2) is 47.5 Å². The molecule has 0 atom stereocenters. The predicted octanol–water partition coefficient (Wildman–Crippen LogP) is 3.66. The quantitative estimate of drug-likeness (QED) is 0.465. The molecular formula is C24H30N4O. The zero-order chi connectivity index (χ0) is 20.1. The average Bonchev–Trinajstić information content (AvgIpc) is 2.76. The Hall–Kier alpha value is -2.82. The van der Waals surface area contributed by atoms with Crippen LogP contribution in [0.5, 0.6) is 0 Å². The van der Waals surface area contributed by atoms with E-state index in [1.807, 2.05) is 11.0 Å². The second kappa shape index (κ2) is 9.12. The summed E-state index contributed by atoms with van der Waals surface area (Å²) < 4.78 is 0. The number of carbonyl (C=O) groups excluding carboxylic acids is 1. The molecule has 4 rings (SSSR count). The molecule has 0 bridgehead atoms. The third kappa shape index (κ3) is 4.78. The van der Waals surface area contributed by atoms with Crippen LogP contribution in [0.4, 0.5) is 5.69 Å². The van der Waals surface area contributed by atoms with Gasteiger partial charge in [-0.25, -0.2) is 0 Å². The van der Waals surface area contributed by atoms with Crippen LogP contribution in [0, 0.1) is 0 Å². The minimum Gasteiger partial charge on any atom is -0.370 e. The Labute approximate surface area is 173 Å². The van der Waals surface area contributed by atoms with E-state index in [1.54, 1.807) is 0 Å². The molecule has 2 aliphatic rings. The zero-order valence-electron chi connectivity index (χ0n) is 17.0. The molecule has 0 saturated carbocycles. The number of anilines is 1. The first kappa shape index (κ1) is 19.5. The van der Waals surface area contributed by atoms with Crippen molar-refractivity contribution in [3.63, 3.8) is 0 Å². The first-order valence-corrected chi connectivity index (χ1v) is 10.7. The molecule has 0 radical (unpaired) electrons. The number of fused-ring (bicyclic) bond motifs is 2. The summed E-state index contributed by atoms with van der Waals surface area (Å²) in [5, 5.41) is 3.26. The molecule has 152 valence electrons. The van der Waals surface area contributed by atoms with Crippen molar-refractivity contribution < 1.29 is 4.79 Å². The van der Waals surface area contributed by atoms with Gasteiger partial charge in [0.25, 0.3) is 0 Å². The van der Waals surface area contributed by atoms with Crippen molar-refractivity contribution in [1.29, 1.82) is 0 Å². The number of hydrogen-bond acceptors (Lipinski definition) is 2. The standard InChI is InChI=1S/C24H30N4O/c25-24(27-22-12-5-10-19-8-3-4-11-21(19)22)26-15-6-13-23(29)28-16-14-18-7-1-2-9-20(18)17-28/h1-2,5,7,9-10,12H,3-4,6,8,11,13-17H2,(H3,25,26,27). The SMILES string of the molecule is NC(=NCCCC(=O)N1CCc2ccccc2C1)Nc1cccc2c1CCCC2. The van der Waals surface area contributed by atoms with Crippen molar-refractivity contribution >= 4 is 17.6 Å². The lowest BCUT2D eigenvalue weighted by Crippen LogP contribution is -2.35. The Bertz CT molecular complexity index is 906. The van der Waals surface area contributed by atoms with E-state index in [1.165, 1.54) is 35.1 Å². The third-order valence-corrected chi connectivity index (χ3v) is 5.97. The van der Waals surface area contributed by atoms with Gasteiger partial charge in [0.15, 0.2) is 5.96 Å². The highest BCUT2D eigenvalue weighted by atomic mass is 16.2. The van der Waals surface area contributed by atoms with Crippen LogP contribution in [0.25, 0.3) is 0 Å². The molecule has 5 nitrogen and oxygen atoms in total. The van der Waals surface area contributed by atoms with Gasteiger partial charge in [0, 0.05) is 31.7 Å². The summed E-state index contributed by atoms with van der Waals surface area (Å²) in [7, 11) is 0. The number of benzene rings is 2. The molecule has 0 unspecified atom stereocenters. The van der Waals surface area contributed by atoms with Crippen LogP contribution in [-0.4, -0.2) is 29.9 Å². The van der Waals surface area contributed by atoms with Crippen LogP contribution >= 0.6 is 0 Å². The number of aliphatic imine (C=N–C) groups is 1. The van der Waals surface area contributed by atoms with Gasteiger partial charge in [-0.1, -0.05) is 36.4 Å². The van der Waals surface area contributed by atoms with E-state index < -0.39 is 0 Å². The maximum absolute atomic E-state index is 12.5. The first-order valence-electron chi connectivity index (χ1n) is 10.7. The molecule has 29 heavy (non-hydrogen) atoms. The highest BCUT2D eigenvalue weighted by molar-refractivity contribution is 5.93. The molecule has 0 aromatic heterocycles. The summed E-state index contributed by atoms with van der Waals surface area (Å²) in [5.41, 5.74) is 12.6. The molecule has 1 aliphatic heterocycles.